The molecule has 0 saturated heterocycles. The van der Waals surface area contributed by atoms with Crippen LogP contribution in [0.5, 0.6) is 5.75 Å². The fourth-order valence-electron chi connectivity index (χ4n) is 2.06. The van der Waals surface area contributed by atoms with Crippen LogP contribution in [0.15, 0.2) is 48.5 Å². The van der Waals surface area contributed by atoms with Crippen molar-refractivity contribution in [1.29, 1.82) is 0 Å². The van der Waals surface area contributed by atoms with E-state index in [2.05, 4.69) is 5.32 Å². The quantitative estimate of drug-likeness (QED) is 0.855. The maximum absolute atomic E-state index is 12.1. The number of benzene rings is 2. The third-order valence-electron chi connectivity index (χ3n) is 3.26. The fraction of sp³-hybridized carbons (Fsp3) is 0.235. The topological polar surface area (TPSA) is 58.6 Å². The summed E-state index contributed by atoms with van der Waals surface area (Å²) in [5, 5.41) is 11.9. The predicted molar refractivity (Wildman–Crippen MR) is 81.4 cm³/mol. The number of aliphatic hydroxyl groups excluding tert-OH is 1. The number of carbonyl (C=O) groups is 1. The molecule has 0 aromatic heterocycles. The summed E-state index contributed by atoms with van der Waals surface area (Å²) in [7, 11) is 1.55. The molecular formula is C17H19NO3. The Morgan fingerprint density at radius 2 is 1.76 bits per heavy atom. The first-order chi connectivity index (χ1) is 10.2. The van der Waals surface area contributed by atoms with Gasteiger partial charge in [0.1, 0.15) is 5.75 Å². The normalized spacial score (nSPS) is 10.2. The largest absolute Gasteiger partial charge is 0.496 e. The van der Waals surface area contributed by atoms with E-state index >= 15 is 0 Å². The van der Waals surface area contributed by atoms with E-state index in [1.165, 1.54) is 0 Å². The molecule has 0 atom stereocenters. The Morgan fingerprint density at radius 3 is 2.43 bits per heavy atom. The van der Waals surface area contributed by atoms with Crippen LogP contribution in [0.2, 0.25) is 0 Å². The molecule has 0 aliphatic carbocycles. The summed E-state index contributed by atoms with van der Waals surface area (Å²) in [4.78, 5) is 12.1. The Kier molecular flexibility index (Phi) is 5.35. The van der Waals surface area contributed by atoms with Crippen molar-refractivity contribution in [3.63, 3.8) is 0 Å². The Hall–Kier alpha value is -2.33. The van der Waals surface area contributed by atoms with E-state index < -0.39 is 0 Å². The lowest BCUT2D eigenvalue weighted by Gasteiger charge is -2.09. The van der Waals surface area contributed by atoms with Gasteiger partial charge in [0, 0.05) is 6.54 Å². The van der Waals surface area contributed by atoms with Crippen LogP contribution < -0.4 is 10.1 Å². The summed E-state index contributed by atoms with van der Waals surface area (Å²) in [5.74, 6) is 0.432. The molecule has 21 heavy (non-hydrogen) atoms. The van der Waals surface area contributed by atoms with Crippen LogP contribution >= 0.6 is 0 Å². The van der Waals surface area contributed by atoms with E-state index in [9.17, 15) is 4.79 Å². The van der Waals surface area contributed by atoms with Crippen LogP contribution in [-0.4, -0.2) is 24.7 Å². The van der Waals surface area contributed by atoms with Crippen LogP contribution in [0.3, 0.4) is 0 Å². The first-order valence-corrected chi connectivity index (χ1v) is 6.84. The molecule has 2 rings (SSSR count). The molecule has 0 unspecified atom stereocenters. The number of ether oxygens (including phenoxy) is 1. The second-order valence-electron chi connectivity index (χ2n) is 4.68. The Morgan fingerprint density at radius 1 is 1.10 bits per heavy atom. The first-order valence-electron chi connectivity index (χ1n) is 6.84. The second-order valence-corrected chi connectivity index (χ2v) is 4.68. The number of rotatable bonds is 6. The highest BCUT2D eigenvalue weighted by atomic mass is 16.5. The summed E-state index contributed by atoms with van der Waals surface area (Å²) < 4.78 is 5.17. The smallest absolute Gasteiger partial charge is 0.255 e. The van der Waals surface area contributed by atoms with Crippen molar-refractivity contribution in [1.82, 2.24) is 5.32 Å². The van der Waals surface area contributed by atoms with Gasteiger partial charge in [0.25, 0.3) is 5.91 Å². The highest BCUT2D eigenvalue weighted by Gasteiger charge is 2.10. The standard InChI is InChI=1S/C17H19NO3/c1-21-16-5-3-2-4-15(16)17(20)18-11-10-13-6-8-14(12-19)9-7-13/h2-9,19H,10-12H2,1H3,(H,18,20). The molecular weight excluding hydrogens is 266 g/mol. The molecule has 0 fully saturated rings. The maximum Gasteiger partial charge on any atom is 0.255 e. The van der Waals surface area contributed by atoms with Crippen molar-refractivity contribution in [3.8, 4) is 5.75 Å². The number of hydrogen-bond acceptors (Lipinski definition) is 3. The predicted octanol–water partition coefficient (Wildman–Crippen LogP) is 2.16. The molecule has 0 heterocycles. The molecule has 0 spiro atoms. The van der Waals surface area contributed by atoms with E-state index in [1.807, 2.05) is 36.4 Å². The minimum absolute atomic E-state index is 0.0464. The molecule has 2 N–H and O–H groups in total. The molecule has 2 aromatic carbocycles. The molecule has 4 heteroatoms. The summed E-state index contributed by atoms with van der Waals surface area (Å²) in [6, 6.07) is 14.8. The lowest BCUT2D eigenvalue weighted by atomic mass is 10.1. The molecule has 2 aromatic rings. The van der Waals surface area contributed by atoms with E-state index in [4.69, 9.17) is 9.84 Å². The average Bonchev–Trinajstić information content (AvgIpc) is 2.55. The zero-order valence-electron chi connectivity index (χ0n) is 12.0. The molecule has 0 radical (unpaired) electrons. The van der Waals surface area contributed by atoms with Gasteiger partial charge in [0.05, 0.1) is 19.3 Å². The van der Waals surface area contributed by atoms with Gasteiger partial charge in [-0.05, 0) is 29.7 Å². The van der Waals surface area contributed by atoms with Crippen molar-refractivity contribution in [2.75, 3.05) is 13.7 Å². The SMILES string of the molecule is COc1ccccc1C(=O)NCCc1ccc(CO)cc1. The zero-order chi connectivity index (χ0) is 15.1. The molecule has 0 saturated carbocycles. The van der Waals surface area contributed by atoms with Gasteiger partial charge in [0.2, 0.25) is 0 Å². The molecule has 0 aliphatic rings. The monoisotopic (exact) mass is 285 g/mol. The highest BCUT2D eigenvalue weighted by Crippen LogP contribution is 2.16. The van der Waals surface area contributed by atoms with E-state index in [0.717, 1.165) is 17.5 Å². The summed E-state index contributed by atoms with van der Waals surface area (Å²) in [5.41, 5.74) is 2.54. The number of hydrogen-bond donors (Lipinski definition) is 2. The number of carbonyl (C=O) groups excluding carboxylic acids is 1. The van der Waals surface area contributed by atoms with Gasteiger partial charge >= 0.3 is 0 Å². The van der Waals surface area contributed by atoms with Crippen molar-refractivity contribution in [2.24, 2.45) is 0 Å². The highest BCUT2D eigenvalue weighted by molar-refractivity contribution is 5.96. The Bertz CT molecular complexity index is 593. The molecule has 1 amide bonds. The van der Waals surface area contributed by atoms with Gasteiger partial charge in [-0.2, -0.15) is 0 Å². The number of nitrogens with one attached hydrogen (secondary N) is 1. The Balaban J connectivity index is 1.89. The van der Waals surface area contributed by atoms with Crippen molar-refractivity contribution >= 4 is 5.91 Å². The molecule has 0 bridgehead atoms. The second kappa shape index (κ2) is 7.45. The third kappa shape index (κ3) is 4.07. The third-order valence-corrected chi connectivity index (χ3v) is 3.26. The maximum atomic E-state index is 12.1. The van der Waals surface area contributed by atoms with Gasteiger partial charge in [0.15, 0.2) is 0 Å². The lowest BCUT2D eigenvalue weighted by molar-refractivity contribution is 0.0951. The van der Waals surface area contributed by atoms with E-state index in [-0.39, 0.29) is 12.5 Å². The number of aliphatic hydroxyl groups is 1. The number of methoxy groups -OCH3 is 1. The fourth-order valence-corrected chi connectivity index (χ4v) is 2.06. The van der Waals surface area contributed by atoms with Crippen molar-refractivity contribution in [3.05, 3.63) is 65.2 Å². The zero-order valence-corrected chi connectivity index (χ0v) is 12.0. The number of para-hydroxylation sites is 1. The first kappa shape index (κ1) is 15.1. The average molecular weight is 285 g/mol. The molecule has 4 nitrogen and oxygen atoms in total. The van der Waals surface area contributed by atoms with Gasteiger partial charge in [-0.15, -0.1) is 0 Å². The van der Waals surface area contributed by atoms with Gasteiger partial charge < -0.3 is 15.2 Å². The lowest BCUT2D eigenvalue weighted by Crippen LogP contribution is -2.26. The molecule has 110 valence electrons. The van der Waals surface area contributed by atoms with Crippen LogP contribution in [0.1, 0.15) is 21.5 Å². The van der Waals surface area contributed by atoms with Crippen LogP contribution in [0.4, 0.5) is 0 Å². The summed E-state index contributed by atoms with van der Waals surface area (Å²) in [6.45, 7) is 0.597. The van der Waals surface area contributed by atoms with Gasteiger partial charge in [-0.25, -0.2) is 0 Å². The van der Waals surface area contributed by atoms with Gasteiger partial charge in [-0.3, -0.25) is 4.79 Å². The minimum atomic E-state index is -0.139. The van der Waals surface area contributed by atoms with E-state index in [1.54, 1.807) is 19.2 Å². The van der Waals surface area contributed by atoms with Crippen LogP contribution in [0, 0.1) is 0 Å². The Labute approximate surface area is 124 Å². The van der Waals surface area contributed by atoms with Gasteiger partial charge in [-0.1, -0.05) is 36.4 Å². The van der Waals surface area contributed by atoms with Crippen LogP contribution in [-0.2, 0) is 13.0 Å². The molecule has 0 aliphatic heterocycles. The van der Waals surface area contributed by atoms with E-state index in [0.29, 0.717) is 17.9 Å². The minimum Gasteiger partial charge on any atom is -0.496 e. The number of amides is 1. The van der Waals surface area contributed by atoms with Crippen molar-refractivity contribution in [2.45, 2.75) is 13.0 Å². The summed E-state index contributed by atoms with van der Waals surface area (Å²) in [6.07, 6.45) is 0.743. The van der Waals surface area contributed by atoms with Crippen LogP contribution in [0.25, 0.3) is 0 Å². The summed E-state index contributed by atoms with van der Waals surface area (Å²) >= 11 is 0. The van der Waals surface area contributed by atoms with Crippen molar-refractivity contribution < 1.29 is 14.6 Å².